The number of hydrogen-bond acceptors (Lipinski definition) is 4. The number of halogens is 2. The lowest BCUT2D eigenvalue weighted by Gasteiger charge is -2.10. The van der Waals surface area contributed by atoms with Gasteiger partial charge in [0.15, 0.2) is 0 Å². The zero-order valence-electron chi connectivity index (χ0n) is 8.28. The highest BCUT2D eigenvalue weighted by molar-refractivity contribution is 5.70. The number of nitrogens with two attached hydrogens (primary N) is 2. The first-order valence-electron chi connectivity index (χ1n) is 4.43. The van der Waals surface area contributed by atoms with Crippen molar-refractivity contribution in [3.63, 3.8) is 0 Å². The lowest BCUT2D eigenvalue weighted by Crippen LogP contribution is -2.12. The van der Waals surface area contributed by atoms with Crippen LogP contribution in [0.2, 0.25) is 0 Å². The summed E-state index contributed by atoms with van der Waals surface area (Å²) in [4.78, 5) is 14.2. The van der Waals surface area contributed by atoms with E-state index in [0.29, 0.717) is 0 Å². The number of pyridine rings is 1. The third kappa shape index (κ3) is 2.63. The van der Waals surface area contributed by atoms with Gasteiger partial charge in [-0.15, -0.1) is 0 Å². The molecule has 0 aliphatic heterocycles. The zero-order chi connectivity index (χ0) is 12.3. The maximum atomic E-state index is 12.6. The minimum Gasteiger partial charge on any atom is -0.481 e. The van der Waals surface area contributed by atoms with Gasteiger partial charge in [0, 0.05) is 12.1 Å². The second-order valence-corrected chi connectivity index (χ2v) is 3.14. The van der Waals surface area contributed by atoms with E-state index >= 15 is 0 Å². The van der Waals surface area contributed by atoms with E-state index in [1.165, 1.54) is 0 Å². The maximum absolute atomic E-state index is 12.6. The molecule has 7 heteroatoms. The Morgan fingerprint density at radius 1 is 1.50 bits per heavy atom. The molecular formula is C9H11F2N3O2. The number of alkyl halides is 2. The second kappa shape index (κ2) is 4.84. The molecule has 0 bridgehead atoms. The van der Waals surface area contributed by atoms with Gasteiger partial charge >= 0.3 is 5.97 Å². The lowest BCUT2D eigenvalue weighted by atomic mass is 10.1. The van der Waals surface area contributed by atoms with E-state index in [9.17, 15) is 13.6 Å². The molecule has 0 aliphatic carbocycles. The Morgan fingerprint density at radius 3 is 2.56 bits per heavy atom. The fourth-order valence-corrected chi connectivity index (χ4v) is 1.26. The molecule has 1 heterocycles. The Labute approximate surface area is 90.1 Å². The van der Waals surface area contributed by atoms with Gasteiger partial charge in [0.2, 0.25) is 0 Å². The Hall–Kier alpha value is -1.76. The SMILES string of the molecule is NCc1nc(CC(=O)O)c(C(F)F)cc1N. The summed E-state index contributed by atoms with van der Waals surface area (Å²) < 4.78 is 25.1. The van der Waals surface area contributed by atoms with Crippen LogP contribution in [0.15, 0.2) is 6.07 Å². The summed E-state index contributed by atoms with van der Waals surface area (Å²) in [5, 5.41) is 8.56. The monoisotopic (exact) mass is 231 g/mol. The molecule has 0 saturated carbocycles. The van der Waals surface area contributed by atoms with E-state index in [1.807, 2.05) is 0 Å². The number of nitrogens with zero attached hydrogens (tertiary/aromatic N) is 1. The van der Waals surface area contributed by atoms with E-state index in [4.69, 9.17) is 16.6 Å². The van der Waals surface area contributed by atoms with Crippen LogP contribution in [0, 0.1) is 0 Å². The second-order valence-electron chi connectivity index (χ2n) is 3.14. The molecule has 0 spiro atoms. The third-order valence-electron chi connectivity index (χ3n) is 1.99. The summed E-state index contributed by atoms with van der Waals surface area (Å²) in [6.45, 7) is -0.0258. The predicted octanol–water partition coefficient (Wildman–Crippen LogP) is 0.687. The first-order chi connectivity index (χ1) is 7.45. The first-order valence-corrected chi connectivity index (χ1v) is 4.43. The highest BCUT2D eigenvalue weighted by Gasteiger charge is 2.18. The highest BCUT2D eigenvalue weighted by atomic mass is 19.3. The minimum atomic E-state index is -2.81. The van der Waals surface area contributed by atoms with Gasteiger partial charge in [-0.05, 0) is 6.07 Å². The summed E-state index contributed by atoms with van der Waals surface area (Å²) in [5.41, 5.74) is 10.4. The van der Waals surface area contributed by atoms with E-state index in [2.05, 4.69) is 4.98 Å². The van der Waals surface area contributed by atoms with Crippen LogP contribution in [0.4, 0.5) is 14.5 Å². The number of anilines is 1. The number of carboxylic acids is 1. The molecule has 1 aromatic rings. The third-order valence-corrected chi connectivity index (χ3v) is 1.99. The summed E-state index contributed by atoms with van der Waals surface area (Å²) in [6.07, 6.45) is -3.39. The number of carboxylic acid groups (broad SMARTS) is 1. The van der Waals surface area contributed by atoms with Gasteiger partial charge < -0.3 is 16.6 Å². The van der Waals surface area contributed by atoms with E-state index in [-0.39, 0.29) is 23.6 Å². The van der Waals surface area contributed by atoms with Crippen LogP contribution in [-0.4, -0.2) is 16.1 Å². The van der Waals surface area contributed by atoms with Crippen LogP contribution in [0.5, 0.6) is 0 Å². The van der Waals surface area contributed by atoms with E-state index in [0.717, 1.165) is 6.07 Å². The zero-order valence-corrected chi connectivity index (χ0v) is 8.28. The predicted molar refractivity (Wildman–Crippen MR) is 52.8 cm³/mol. The number of hydrogen-bond donors (Lipinski definition) is 3. The van der Waals surface area contributed by atoms with Crippen molar-refractivity contribution in [2.45, 2.75) is 19.4 Å². The van der Waals surface area contributed by atoms with Gasteiger partial charge in [0.05, 0.1) is 23.5 Å². The van der Waals surface area contributed by atoms with Crippen LogP contribution >= 0.6 is 0 Å². The summed E-state index contributed by atoms with van der Waals surface area (Å²) in [7, 11) is 0. The highest BCUT2D eigenvalue weighted by Crippen LogP contribution is 2.25. The molecule has 5 nitrogen and oxygen atoms in total. The summed E-state index contributed by atoms with van der Waals surface area (Å²) >= 11 is 0. The largest absolute Gasteiger partial charge is 0.481 e. The Kier molecular flexibility index (Phi) is 3.73. The van der Waals surface area contributed by atoms with E-state index in [1.54, 1.807) is 0 Å². The van der Waals surface area contributed by atoms with E-state index < -0.39 is 24.4 Å². The van der Waals surface area contributed by atoms with Crippen molar-refractivity contribution in [1.29, 1.82) is 0 Å². The Bertz CT molecular complexity index is 410. The smallest absolute Gasteiger partial charge is 0.309 e. The molecule has 0 unspecified atom stereocenters. The molecule has 0 atom stereocenters. The molecule has 0 aromatic carbocycles. The molecule has 0 amide bonds. The van der Waals surface area contributed by atoms with Gasteiger partial charge in [-0.25, -0.2) is 8.78 Å². The molecule has 5 N–H and O–H groups in total. The normalized spacial score (nSPS) is 10.8. The molecular weight excluding hydrogens is 220 g/mol. The number of carbonyl (C=O) groups is 1. The van der Waals surface area contributed by atoms with Crippen molar-refractivity contribution in [3.05, 3.63) is 23.0 Å². The average Bonchev–Trinajstić information content (AvgIpc) is 2.19. The topological polar surface area (TPSA) is 102 Å². The van der Waals surface area contributed by atoms with Crippen LogP contribution in [-0.2, 0) is 17.8 Å². The van der Waals surface area contributed by atoms with Gasteiger partial charge in [-0.2, -0.15) is 0 Å². The lowest BCUT2D eigenvalue weighted by molar-refractivity contribution is -0.136. The fraction of sp³-hybridized carbons (Fsp3) is 0.333. The Balaban J connectivity index is 3.24. The summed E-state index contributed by atoms with van der Waals surface area (Å²) in [6, 6.07) is 1.03. The standard InChI is InChI=1S/C9H11F2N3O2/c10-9(11)4-1-5(13)7(3-12)14-6(4)2-8(15)16/h1,9H,2-3,12-13H2,(H,15,16). The number of nitrogen functional groups attached to an aromatic ring is 1. The van der Waals surface area contributed by atoms with Gasteiger partial charge in [-0.3, -0.25) is 9.78 Å². The molecule has 0 fully saturated rings. The molecule has 1 rings (SSSR count). The fourth-order valence-electron chi connectivity index (χ4n) is 1.26. The average molecular weight is 231 g/mol. The Morgan fingerprint density at radius 2 is 2.12 bits per heavy atom. The maximum Gasteiger partial charge on any atom is 0.309 e. The van der Waals surface area contributed by atoms with Crippen molar-refractivity contribution in [2.24, 2.45) is 5.73 Å². The molecule has 88 valence electrons. The minimum absolute atomic E-state index is 0.0258. The number of aromatic nitrogens is 1. The molecule has 0 radical (unpaired) electrons. The van der Waals surface area contributed by atoms with Gasteiger partial charge in [0.1, 0.15) is 0 Å². The number of rotatable bonds is 4. The van der Waals surface area contributed by atoms with Crippen molar-refractivity contribution >= 4 is 11.7 Å². The first kappa shape index (κ1) is 12.3. The molecule has 1 aromatic heterocycles. The summed E-state index contributed by atoms with van der Waals surface area (Å²) in [5.74, 6) is -1.23. The van der Waals surface area contributed by atoms with Gasteiger partial charge in [0.25, 0.3) is 6.43 Å². The molecule has 16 heavy (non-hydrogen) atoms. The van der Waals surface area contributed by atoms with Crippen molar-refractivity contribution in [2.75, 3.05) is 5.73 Å². The van der Waals surface area contributed by atoms with Crippen LogP contribution in [0.3, 0.4) is 0 Å². The van der Waals surface area contributed by atoms with Gasteiger partial charge in [-0.1, -0.05) is 0 Å². The molecule has 0 saturated heterocycles. The number of aliphatic carboxylic acids is 1. The van der Waals surface area contributed by atoms with Crippen molar-refractivity contribution in [3.8, 4) is 0 Å². The molecule has 0 aliphatic rings. The van der Waals surface area contributed by atoms with Crippen molar-refractivity contribution in [1.82, 2.24) is 4.98 Å². The van der Waals surface area contributed by atoms with Crippen LogP contribution < -0.4 is 11.5 Å². The quantitative estimate of drug-likeness (QED) is 0.707. The van der Waals surface area contributed by atoms with Crippen molar-refractivity contribution < 1.29 is 18.7 Å². The van der Waals surface area contributed by atoms with Crippen LogP contribution in [0.25, 0.3) is 0 Å². The van der Waals surface area contributed by atoms with Crippen LogP contribution in [0.1, 0.15) is 23.4 Å².